The Labute approximate surface area is 362 Å². The third kappa shape index (κ3) is 6.18. The molecule has 0 fully saturated rings. The molecule has 0 unspecified atom stereocenters. The Hall–Kier alpha value is -7.99. The number of aromatic nitrogens is 4. The molecule has 0 saturated carbocycles. The number of nitrogens with zero attached hydrogens (tertiary/aromatic N) is 4. The molecule has 0 aliphatic rings. The first kappa shape index (κ1) is 35.9. The van der Waals surface area contributed by atoms with Crippen LogP contribution in [-0.2, 0) is 0 Å². The number of hydrogen-bond acceptors (Lipinski definition) is 4. The molecular weight excluding hydrogens is 773 g/mol. The van der Waals surface area contributed by atoms with Crippen molar-refractivity contribution in [3.63, 3.8) is 0 Å². The second kappa shape index (κ2) is 14.9. The minimum Gasteiger partial charge on any atom is -0.231 e. The molecule has 0 bridgehead atoms. The zero-order valence-corrected chi connectivity index (χ0v) is 34.3. The molecule has 0 radical (unpaired) electrons. The smallest absolute Gasteiger partial charge is 0.160 e. The highest BCUT2D eigenvalue weighted by molar-refractivity contribution is 7.25. The zero-order valence-electron chi connectivity index (χ0n) is 33.5. The second-order valence-electron chi connectivity index (χ2n) is 15.6. The van der Waals surface area contributed by atoms with E-state index in [1.807, 2.05) is 29.5 Å². The Morgan fingerprint density at radius 2 is 0.935 bits per heavy atom. The summed E-state index contributed by atoms with van der Waals surface area (Å²) in [6, 6.07) is 77.2. The van der Waals surface area contributed by atoms with Crippen LogP contribution in [0.1, 0.15) is 0 Å². The summed E-state index contributed by atoms with van der Waals surface area (Å²) in [5, 5.41) is 10.4. The maximum atomic E-state index is 5.44. The fourth-order valence-electron chi connectivity index (χ4n) is 8.88. The maximum Gasteiger partial charge on any atom is 0.160 e. The number of thiophene rings is 1. The first-order chi connectivity index (χ1) is 30.7. The van der Waals surface area contributed by atoms with E-state index in [4.69, 9.17) is 15.1 Å². The van der Waals surface area contributed by atoms with Gasteiger partial charge in [0.2, 0.25) is 0 Å². The molecule has 0 N–H and O–H groups in total. The standard InChI is InChI=1S/C57H36N4S/c1-4-15-40(16-5-1)50-35-44-21-10-11-22-46(44)56-53(41-17-6-2-7-18-41)55(60-61(50)56)42-33-31-39(32-34-42)49-36-48(58-57(59-49)43-19-8-3-9-20-43)38-29-27-37(28-30-38)45-24-14-26-52-54(45)47-23-12-13-25-51(47)62-52/h1-36H. The van der Waals surface area contributed by atoms with Crippen LogP contribution in [0.2, 0.25) is 0 Å². The first-order valence-electron chi connectivity index (χ1n) is 20.9. The normalized spacial score (nSPS) is 11.5. The molecule has 12 rings (SSSR count). The molecule has 62 heavy (non-hydrogen) atoms. The van der Waals surface area contributed by atoms with Gasteiger partial charge in [0.15, 0.2) is 5.82 Å². The van der Waals surface area contributed by atoms with E-state index < -0.39 is 0 Å². The topological polar surface area (TPSA) is 43.1 Å². The van der Waals surface area contributed by atoms with Gasteiger partial charge in [-0.1, -0.05) is 194 Å². The van der Waals surface area contributed by atoms with Crippen molar-refractivity contribution < 1.29 is 0 Å². The Bertz CT molecular complexity index is 3590. The second-order valence-corrected chi connectivity index (χ2v) is 16.7. The lowest BCUT2D eigenvalue weighted by atomic mass is 9.96. The fraction of sp³-hybridized carbons (Fsp3) is 0. The predicted octanol–water partition coefficient (Wildman–Crippen LogP) is 15.3. The molecule has 12 aromatic rings. The molecule has 8 aromatic carbocycles. The fourth-order valence-corrected chi connectivity index (χ4v) is 10.0. The van der Waals surface area contributed by atoms with E-state index in [1.54, 1.807) is 0 Å². The van der Waals surface area contributed by atoms with Crippen molar-refractivity contribution >= 4 is 47.8 Å². The summed E-state index contributed by atoms with van der Waals surface area (Å²) < 4.78 is 4.75. The quantitative estimate of drug-likeness (QED) is 0.161. The Morgan fingerprint density at radius 3 is 1.63 bits per heavy atom. The molecular formula is C57H36N4S. The monoisotopic (exact) mass is 808 g/mol. The SMILES string of the molecule is c1ccc(-c2nc(-c3ccc(-c4nn5c(-c6ccccc6)cc6ccccc6c5c4-c4ccccc4)cc3)cc(-c3ccc(-c4cccc5sc6ccccc6c45)cc3)n2)cc1. The first-order valence-corrected chi connectivity index (χ1v) is 21.7. The van der Waals surface area contributed by atoms with E-state index in [0.717, 1.165) is 72.6 Å². The lowest BCUT2D eigenvalue weighted by Gasteiger charge is -2.11. The molecule has 4 heterocycles. The summed E-state index contributed by atoms with van der Waals surface area (Å²) >= 11 is 1.85. The van der Waals surface area contributed by atoms with Gasteiger partial charge in [0, 0.05) is 58.9 Å². The maximum absolute atomic E-state index is 5.44. The van der Waals surface area contributed by atoms with Gasteiger partial charge in [0.25, 0.3) is 0 Å². The Balaban J connectivity index is 0.978. The number of pyridine rings is 1. The van der Waals surface area contributed by atoms with Crippen molar-refractivity contribution in [2.45, 2.75) is 0 Å². The van der Waals surface area contributed by atoms with Crippen molar-refractivity contribution in [3.05, 3.63) is 218 Å². The van der Waals surface area contributed by atoms with Gasteiger partial charge in [-0.25, -0.2) is 14.5 Å². The van der Waals surface area contributed by atoms with Gasteiger partial charge in [-0.2, -0.15) is 5.10 Å². The van der Waals surface area contributed by atoms with E-state index in [2.05, 4.69) is 205 Å². The minimum atomic E-state index is 0.688. The number of rotatable bonds is 7. The summed E-state index contributed by atoms with van der Waals surface area (Å²) in [6.07, 6.45) is 0. The van der Waals surface area contributed by atoms with Crippen LogP contribution in [0.4, 0.5) is 0 Å². The summed E-state index contributed by atoms with van der Waals surface area (Å²) in [5.74, 6) is 0.688. The van der Waals surface area contributed by atoms with Crippen LogP contribution in [0.5, 0.6) is 0 Å². The molecule has 0 aliphatic heterocycles. The molecule has 0 amide bonds. The van der Waals surface area contributed by atoms with Crippen LogP contribution >= 0.6 is 11.3 Å². The van der Waals surface area contributed by atoms with E-state index in [0.29, 0.717) is 5.82 Å². The van der Waals surface area contributed by atoms with E-state index in [-0.39, 0.29) is 0 Å². The van der Waals surface area contributed by atoms with Gasteiger partial charge in [0.05, 0.1) is 22.6 Å². The van der Waals surface area contributed by atoms with Crippen LogP contribution in [0.25, 0.3) is 115 Å². The van der Waals surface area contributed by atoms with Crippen molar-refractivity contribution in [1.29, 1.82) is 0 Å². The molecule has 4 nitrogen and oxygen atoms in total. The predicted molar refractivity (Wildman–Crippen MR) is 259 cm³/mol. The average molecular weight is 809 g/mol. The van der Waals surface area contributed by atoms with Crippen LogP contribution in [-0.4, -0.2) is 19.6 Å². The van der Waals surface area contributed by atoms with E-state index in [1.165, 1.54) is 36.7 Å². The van der Waals surface area contributed by atoms with Gasteiger partial charge < -0.3 is 0 Å². The van der Waals surface area contributed by atoms with E-state index in [9.17, 15) is 0 Å². The highest BCUT2D eigenvalue weighted by atomic mass is 32.1. The van der Waals surface area contributed by atoms with Crippen molar-refractivity contribution in [3.8, 4) is 78.7 Å². The zero-order chi connectivity index (χ0) is 41.0. The van der Waals surface area contributed by atoms with Crippen LogP contribution < -0.4 is 0 Å². The van der Waals surface area contributed by atoms with Gasteiger partial charge in [-0.15, -0.1) is 11.3 Å². The molecule has 290 valence electrons. The Kier molecular flexibility index (Phi) is 8.65. The number of benzene rings is 8. The van der Waals surface area contributed by atoms with Gasteiger partial charge in [0.1, 0.15) is 5.69 Å². The van der Waals surface area contributed by atoms with Crippen LogP contribution in [0.3, 0.4) is 0 Å². The molecule has 0 atom stereocenters. The largest absolute Gasteiger partial charge is 0.231 e. The van der Waals surface area contributed by atoms with Crippen LogP contribution in [0, 0.1) is 0 Å². The molecule has 0 aliphatic carbocycles. The van der Waals surface area contributed by atoms with Gasteiger partial charge in [-0.3, -0.25) is 0 Å². The lowest BCUT2D eigenvalue weighted by molar-refractivity contribution is 0.979. The number of hydrogen-bond donors (Lipinski definition) is 0. The summed E-state index contributed by atoms with van der Waals surface area (Å²) in [4.78, 5) is 10.3. The molecule has 0 spiro atoms. The lowest BCUT2D eigenvalue weighted by Crippen LogP contribution is -1.96. The van der Waals surface area contributed by atoms with Crippen LogP contribution in [0.15, 0.2) is 218 Å². The minimum absolute atomic E-state index is 0.688. The Morgan fingerprint density at radius 1 is 0.387 bits per heavy atom. The van der Waals surface area contributed by atoms with Crippen molar-refractivity contribution in [2.24, 2.45) is 0 Å². The third-order valence-corrected chi connectivity index (χ3v) is 13.0. The van der Waals surface area contributed by atoms with Gasteiger partial charge in [-0.05, 0) is 46.3 Å². The summed E-state index contributed by atoms with van der Waals surface area (Å²) in [5.41, 5.74) is 14.6. The van der Waals surface area contributed by atoms with Crippen molar-refractivity contribution in [1.82, 2.24) is 19.6 Å². The molecule has 4 aromatic heterocycles. The molecule has 5 heteroatoms. The molecule has 0 saturated heterocycles. The third-order valence-electron chi connectivity index (χ3n) is 11.9. The van der Waals surface area contributed by atoms with Gasteiger partial charge >= 0.3 is 0 Å². The van der Waals surface area contributed by atoms with E-state index >= 15 is 0 Å². The number of fused-ring (bicyclic) bond motifs is 6. The highest BCUT2D eigenvalue weighted by Crippen LogP contribution is 2.43. The van der Waals surface area contributed by atoms with Crippen molar-refractivity contribution in [2.75, 3.05) is 0 Å². The summed E-state index contributed by atoms with van der Waals surface area (Å²) in [6.45, 7) is 0. The average Bonchev–Trinajstić information content (AvgIpc) is 3.95. The summed E-state index contributed by atoms with van der Waals surface area (Å²) in [7, 11) is 0. The highest BCUT2D eigenvalue weighted by Gasteiger charge is 2.22.